The quantitative estimate of drug-likeness (QED) is 0.539. The highest BCUT2D eigenvalue weighted by Crippen LogP contribution is 2.47. The van der Waals surface area contributed by atoms with Crippen molar-refractivity contribution in [2.75, 3.05) is 19.5 Å². The molecule has 2 aromatic carbocycles. The van der Waals surface area contributed by atoms with E-state index in [2.05, 4.69) is 5.32 Å². The fourth-order valence-electron chi connectivity index (χ4n) is 2.82. The van der Waals surface area contributed by atoms with Gasteiger partial charge in [0.05, 0.1) is 25.4 Å². The maximum Gasteiger partial charge on any atom is 0.375 e. The van der Waals surface area contributed by atoms with Crippen molar-refractivity contribution >= 4 is 11.5 Å². The van der Waals surface area contributed by atoms with Crippen molar-refractivity contribution in [1.29, 1.82) is 0 Å². The van der Waals surface area contributed by atoms with Crippen LogP contribution in [0.3, 0.4) is 0 Å². The molecule has 30 heavy (non-hydrogen) atoms. The second-order valence-corrected chi connectivity index (χ2v) is 6.29. The number of benzene rings is 2. The molecule has 0 saturated carbocycles. The average Bonchev–Trinajstić information content (AvgIpc) is 2.73. The van der Waals surface area contributed by atoms with E-state index in [0.717, 1.165) is 6.07 Å². The van der Waals surface area contributed by atoms with Crippen molar-refractivity contribution in [1.82, 2.24) is 0 Å². The minimum Gasteiger partial charge on any atom is -0.497 e. The lowest BCUT2D eigenvalue weighted by Gasteiger charge is -2.39. The topological polar surface area (TPSA) is 77.0 Å². The molecule has 0 spiro atoms. The molecular weight excluding hydrogens is 410 g/mol. The molecular formula is C20H17F4NO5. The van der Waals surface area contributed by atoms with E-state index in [1.54, 1.807) is 12.1 Å². The van der Waals surface area contributed by atoms with E-state index < -0.39 is 35.2 Å². The number of carbonyl (C=O) groups excluding carboxylic acids is 1. The van der Waals surface area contributed by atoms with Crippen LogP contribution in [0.4, 0.5) is 23.2 Å². The Hall–Kier alpha value is -3.27. The zero-order valence-electron chi connectivity index (χ0n) is 15.8. The minimum atomic E-state index is -5.10. The molecule has 0 radical (unpaired) electrons. The first-order valence-corrected chi connectivity index (χ1v) is 8.55. The van der Waals surface area contributed by atoms with Gasteiger partial charge in [-0.25, -0.2) is 8.78 Å². The number of hydrogen-bond donors (Lipinski definition) is 2. The van der Waals surface area contributed by atoms with Crippen LogP contribution in [0.1, 0.15) is 10.4 Å². The van der Waals surface area contributed by atoms with E-state index in [1.807, 2.05) is 0 Å². The van der Waals surface area contributed by atoms with Gasteiger partial charge in [0.1, 0.15) is 17.2 Å². The van der Waals surface area contributed by atoms with Gasteiger partial charge in [0.15, 0.2) is 0 Å². The van der Waals surface area contributed by atoms with Gasteiger partial charge in [-0.15, -0.1) is 0 Å². The summed E-state index contributed by atoms with van der Waals surface area (Å²) in [6.45, 7) is 0. The molecule has 0 bridgehead atoms. The van der Waals surface area contributed by atoms with Gasteiger partial charge >= 0.3 is 18.1 Å². The van der Waals surface area contributed by atoms with Gasteiger partial charge in [0.25, 0.3) is 0 Å². The number of halogens is 4. The molecule has 1 atom stereocenters. The third-order valence-corrected chi connectivity index (χ3v) is 4.50. The van der Waals surface area contributed by atoms with Gasteiger partial charge < -0.3 is 24.6 Å². The summed E-state index contributed by atoms with van der Waals surface area (Å²) in [5.41, 5.74) is -0.964. The maximum atomic E-state index is 14.3. The monoisotopic (exact) mass is 427 g/mol. The van der Waals surface area contributed by atoms with Crippen molar-refractivity contribution in [3.8, 4) is 17.2 Å². The Bertz CT molecular complexity index is 978. The van der Waals surface area contributed by atoms with Crippen LogP contribution in [0.15, 0.2) is 54.2 Å². The normalized spacial score (nSPS) is 20.0. The van der Waals surface area contributed by atoms with Crippen molar-refractivity contribution in [3.63, 3.8) is 0 Å². The Morgan fingerprint density at radius 2 is 1.70 bits per heavy atom. The van der Waals surface area contributed by atoms with E-state index in [1.165, 1.54) is 38.5 Å². The molecule has 6 nitrogen and oxygen atoms in total. The molecule has 0 unspecified atom stereocenters. The van der Waals surface area contributed by atoms with E-state index >= 15 is 0 Å². The number of nitrogens with one attached hydrogen (secondary N) is 1. The number of Topliss-reactive ketones (excluding diaryl/α,β-unsaturated/α-hetero) is 1. The molecule has 10 heteroatoms. The van der Waals surface area contributed by atoms with Gasteiger partial charge in [0, 0.05) is 18.0 Å². The highest BCUT2D eigenvalue weighted by atomic mass is 19.3. The average molecular weight is 427 g/mol. The summed E-state index contributed by atoms with van der Waals surface area (Å²) in [5.74, 6) is -10.0. The SMILES string of the molecule is COc1ccc(N/C=C2\C(=O)c3ccc(OC)cc3O[C@]2(O)C(F)(F)C(F)F)cc1. The molecule has 0 amide bonds. The van der Waals surface area contributed by atoms with E-state index in [0.29, 0.717) is 17.6 Å². The van der Waals surface area contributed by atoms with Crippen LogP contribution < -0.4 is 19.5 Å². The lowest BCUT2D eigenvalue weighted by Crippen LogP contribution is -2.61. The van der Waals surface area contributed by atoms with Crippen LogP contribution in [0.5, 0.6) is 17.2 Å². The molecule has 1 heterocycles. The minimum absolute atomic E-state index is 0.119. The summed E-state index contributed by atoms with van der Waals surface area (Å²) < 4.78 is 69.7. The van der Waals surface area contributed by atoms with E-state index in [4.69, 9.17) is 14.2 Å². The van der Waals surface area contributed by atoms with Crippen molar-refractivity contribution in [2.45, 2.75) is 18.1 Å². The second-order valence-electron chi connectivity index (χ2n) is 6.29. The number of ether oxygens (including phenoxy) is 3. The summed E-state index contributed by atoms with van der Waals surface area (Å²) in [6.07, 6.45) is -3.60. The number of methoxy groups -OCH3 is 2. The van der Waals surface area contributed by atoms with Crippen LogP contribution >= 0.6 is 0 Å². The third-order valence-electron chi connectivity index (χ3n) is 4.50. The number of aliphatic hydroxyl groups is 1. The van der Waals surface area contributed by atoms with Crippen molar-refractivity contribution < 1.29 is 41.7 Å². The largest absolute Gasteiger partial charge is 0.497 e. The smallest absolute Gasteiger partial charge is 0.375 e. The Morgan fingerprint density at radius 3 is 2.27 bits per heavy atom. The summed E-state index contributed by atoms with van der Waals surface area (Å²) in [7, 11) is 2.72. The van der Waals surface area contributed by atoms with Crippen molar-refractivity contribution in [2.24, 2.45) is 0 Å². The molecule has 2 aromatic rings. The van der Waals surface area contributed by atoms with Crippen LogP contribution in [0.2, 0.25) is 0 Å². The van der Waals surface area contributed by atoms with Crippen LogP contribution in [0, 0.1) is 0 Å². The Morgan fingerprint density at radius 1 is 1.10 bits per heavy atom. The van der Waals surface area contributed by atoms with Gasteiger partial charge in [-0.1, -0.05) is 0 Å². The maximum absolute atomic E-state index is 14.3. The standard InChI is InChI=1S/C20H17F4NO5/c1-28-12-5-3-11(4-6-12)25-10-15-17(26)14-8-7-13(29-2)9-16(14)30-20(15,27)19(23,24)18(21)22/h3-10,18,25,27H,1-2H3/b15-10+/t20-/m0/s1. The van der Waals surface area contributed by atoms with Crippen LogP contribution in [0.25, 0.3) is 0 Å². The third kappa shape index (κ3) is 3.54. The molecule has 0 fully saturated rings. The van der Waals surface area contributed by atoms with Crippen LogP contribution in [-0.4, -0.2) is 43.2 Å². The van der Waals surface area contributed by atoms with Gasteiger partial charge in [-0.05, 0) is 36.4 Å². The number of ketones is 1. The van der Waals surface area contributed by atoms with E-state index in [9.17, 15) is 27.5 Å². The molecule has 3 rings (SSSR count). The second kappa shape index (κ2) is 7.86. The fourth-order valence-corrected chi connectivity index (χ4v) is 2.82. The predicted molar refractivity (Wildman–Crippen MR) is 98.6 cm³/mol. The number of alkyl halides is 4. The number of carbonyl (C=O) groups is 1. The van der Waals surface area contributed by atoms with Gasteiger partial charge in [-0.3, -0.25) is 4.79 Å². The summed E-state index contributed by atoms with van der Waals surface area (Å²) in [6, 6.07) is 9.71. The van der Waals surface area contributed by atoms with Gasteiger partial charge in [-0.2, -0.15) is 8.78 Å². The first-order valence-electron chi connectivity index (χ1n) is 8.55. The Labute approximate surface area is 168 Å². The van der Waals surface area contributed by atoms with E-state index in [-0.39, 0.29) is 11.3 Å². The lowest BCUT2D eigenvalue weighted by atomic mass is 9.89. The summed E-state index contributed by atoms with van der Waals surface area (Å²) in [5, 5.41) is 13.1. The molecule has 2 N–H and O–H groups in total. The highest BCUT2D eigenvalue weighted by Gasteiger charge is 2.67. The number of anilines is 1. The molecule has 0 aliphatic carbocycles. The number of rotatable bonds is 6. The van der Waals surface area contributed by atoms with Crippen LogP contribution in [-0.2, 0) is 0 Å². The molecule has 0 aromatic heterocycles. The Kier molecular flexibility index (Phi) is 5.62. The molecule has 160 valence electrons. The zero-order chi connectivity index (χ0) is 22.1. The van der Waals surface area contributed by atoms with Crippen molar-refractivity contribution in [3.05, 3.63) is 59.8 Å². The molecule has 0 saturated heterocycles. The summed E-state index contributed by atoms with van der Waals surface area (Å²) in [4.78, 5) is 12.8. The van der Waals surface area contributed by atoms with Gasteiger partial charge in [0.2, 0.25) is 5.78 Å². The summed E-state index contributed by atoms with van der Waals surface area (Å²) >= 11 is 0. The Balaban J connectivity index is 2.09. The predicted octanol–water partition coefficient (Wildman–Crippen LogP) is 3.86. The number of hydrogen-bond acceptors (Lipinski definition) is 6. The fraction of sp³-hybridized carbons (Fsp3) is 0.250. The molecule has 1 aliphatic rings. The first-order chi connectivity index (χ1) is 14.1. The highest BCUT2D eigenvalue weighted by molar-refractivity contribution is 6.13. The zero-order valence-corrected chi connectivity index (χ0v) is 15.8. The first kappa shape index (κ1) is 21.4. The lowest BCUT2D eigenvalue weighted by molar-refractivity contribution is -0.297. The molecule has 1 aliphatic heterocycles. The number of fused-ring (bicyclic) bond motifs is 1.